The van der Waals surface area contributed by atoms with Crippen LogP contribution in [0, 0.1) is 5.82 Å². The number of rotatable bonds is 6. The highest BCUT2D eigenvalue weighted by Crippen LogP contribution is 2.15. The molecule has 6 nitrogen and oxygen atoms in total. The minimum atomic E-state index is -1.28. The molecule has 0 spiro atoms. The highest BCUT2D eigenvalue weighted by Gasteiger charge is 2.25. The molecule has 1 aromatic rings. The van der Waals surface area contributed by atoms with Crippen molar-refractivity contribution in [3.63, 3.8) is 0 Å². The summed E-state index contributed by atoms with van der Waals surface area (Å²) in [5.74, 6) is -1.73. The average molecular weight is 370 g/mol. The molecular weight excluding hydrogens is 339 g/mol. The molecule has 0 fully saturated rings. The van der Waals surface area contributed by atoms with Crippen LogP contribution in [0.3, 0.4) is 0 Å². The molecule has 1 amide bonds. The van der Waals surface area contributed by atoms with E-state index in [4.69, 9.17) is 9.84 Å². The largest absolute Gasteiger partial charge is 0.479 e. The number of benzene rings is 1. The van der Waals surface area contributed by atoms with Crippen molar-refractivity contribution in [2.24, 2.45) is 0 Å². The molecule has 0 aliphatic heterocycles. The van der Waals surface area contributed by atoms with Crippen LogP contribution in [0.2, 0.25) is 0 Å². The molecule has 0 aliphatic carbocycles. The summed E-state index contributed by atoms with van der Waals surface area (Å²) in [5, 5.41) is 11.3. The maximum atomic E-state index is 12.8. The monoisotopic (exact) mass is 370 g/mol. The molecule has 0 bridgehead atoms. The number of hydrogen-bond acceptors (Lipinski definition) is 4. The number of nitrogens with one attached hydrogen (secondary N) is 1. The molecule has 0 radical (unpaired) electrons. The maximum absolute atomic E-state index is 12.8. The number of carbonyl (C=O) groups excluding carboxylic acids is 1. The number of carboxylic acid groups (broad SMARTS) is 1. The average Bonchev–Trinajstić information content (AvgIpc) is 2.54. The van der Waals surface area contributed by atoms with Crippen LogP contribution in [-0.4, -0.2) is 47.3 Å². The number of ether oxygens (including phenoxy) is 1. The van der Waals surface area contributed by atoms with Crippen LogP contribution < -0.4 is 5.32 Å². The van der Waals surface area contributed by atoms with Gasteiger partial charge in [-0.05, 0) is 58.1 Å². The second kappa shape index (κ2) is 11.5. The number of carboxylic acids is 1. The number of nitrogens with zero attached hydrogens (tertiary/aromatic N) is 1. The highest BCUT2D eigenvalue weighted by atomic mass is 19.1. The molecule has 1 aromatic carbocycles. The summed E-state index contributed by atoms with van der Waals surface area (Å²) < 4.78 is 17.8. The molecule has 2 N–H and O–H groups in total. The molecule has 26 heavy (non-hydrogen) atoms. The second-order valence-electron chi connectivity index (χ2n) is 6.59. The zero-order valence-corrected chi connectivity index (χ0v) is 16.5. The van der Waals surface area contributed by atoms with Crippen LogP contribution in [-0.2, 0) is 9.53 Å². The smallest absolute Gasteiger partial charge is 0.408 e. The summed E-state index contributed by atoms with van der Waals surface area (Å²) in [6.45, 7) is 15.1. The predicted octanol–water partition coefficient (Wildman–Crippen LogP) is 3.82. The standard InChI is InChI=1S/C13H16FNO4.C6H15N/c1-13(2,3)19-12(18)15-10(11(16)17)8-4-6-9(14)7-5-8;1-4-7(5-2)6-3/h4-7,10H,1-3H3,(H,15,18)(H,16,17);4-6H2,1-3H3/t10-;/m0./s1. The molecule has 148 valence electrons. The zero-order valence-electron chi connectivity index (χ0n) is 16.5. The number of aliphatic carboxylic acids is 1. The third-order valence-electron chi connectivity index (χ3n) is 3.45. The van der Waals surface area contributed by atoms with E-state index in [1.165, 1.54) is 31.8 Å². The quantitative estimate of drug-likeness (QED) is 0.796. The van der Waals surface area contributed by atoms with Crippen molar-refractivity contribution in [1.82, 2.24) is 10.2 Å². The van der Waals surface area contributed by atoms with Crippen molar-refractivity contribution in [3.8, 4) is 0 Å². The summed E-state index contributed by atoms with van der Waals surface area (Å²) >= 11 is 0. The Balaban J connectivity index is 0.000000758. The van der Waals surface area contributed by atoms with Gasteiger partial charge in [-0.3, -0.25) is 0 Å². The first-order valence-corrected chi connectivity index (χ1v) is 8.74. The molecule has 0 saturated heterocycles. The summed E-state index contributed by atoms with van der Waals surface area (Å²) in [6.07, 6.45) is -0.843. The van der Waals surface area contributed by atoms with Crippen LogP contribution in [0.25, 0.3) is 0 Å². The maximum Gasteiger partial charge on any atom is 0.408 e. The van der Waals surface area contributed by atoms with Crippen molar-refractivity contribution >= 4 is 12.1 Å². The van der Waals surface area contributed by atoms with E-state index in [9.17, 15) is 14.0 Å². The molecule has 0 heterocycles. The molecule has 0 saturated carbocycles. The van der Waals surface area contributed by atoms with E-state index in [-0.39, 0.29) is 5.56 Å². The van der Waals surface area contributed by atoms with Gasteiger partial charge in [-0.1, -0.05) is 32.9 Å². The first kappa shape index (κ1) is 23.9. The van der Waals surface area contributed by atoms with Gasteiger partial charge in [0, 0.05) is 0 Å². The van der Waals surface area contributed by atoms with E-state index in [0.29, 0.717) is 0 Å². The predicted molar refractivity (Wildman–Crippen MR) is 99.6 cm³/mol. The third-order valence-corrected chi connectivity index (χ3v) is 3.45. The molecule has 0 unspecified atom stereocenters. The van der Waals surface area contributed by atoms with Gasteiger partial charge in [0.25, 0.3) is 0 Å². The second-order valence-corrected chi connectivity index (χ2v) is 6.59. The normalized spacial score (nSPS) is 12.0. The summed E-state index contributed by atoms with van der Waals surface area (Å²) in [4.78, 5) is 25.0. The number of amides is 1. The van der Waals surface area contributed by atoms with Crippen LogP contribution in [0.4, 0.5) is 9.18 Å². The fraction of sp³-hybridized carbons (Fsp3) is 0.579. The van der Waals surface area contributed by atoms with Gasteiger partial charge in [0.1, 0.15) is 11.4 Å². The molecule has 1 rings (SSSR count). The van der Waals surface area contributed by atoms with Gasteiger partial charge in [0.2, 0.25) is 0 Å². The fourth-order valence-corrected chi connectivity index (χ4v) is 2.04. The molecule has 0 aromatic heterocycles. The van der Waals surface area contributed by atoms with Crippen molar-refractivity contribution in [2.75, 3.05) is 19.6 Å². The van der Waals surface area contributed by atoms with Gasteiger partial charge < -0.3 is 20.1 Å². The summed E-state index contributed by atoms with van der Waals surface area (Å²) in [6, 6.07) is 3.57. The topological polar surface area (TPSA) is 78.9 Å². The van der Waals surface area contributed by atoms with E-state index < -0.39 is 29.5 Å². The lowest BCUT2D eigenvalue weighted by Gasteiger charge is -2.22. The van der Waals surface area contributed by atoms with E-state index in [2.05, 4.69) is 31.0 Å². The van der Waals surface area contributed by atoms with Crippen LogP contribution >= 0.6 is 0 Å². The van der Waals surface area contributed by atoms with E-state index >= 15 is 0 Å². The SMILES string of the molecule is CC(C)(C)OC(=O)N[C@H](C(=O)O)c1ccc(F)cc1.CCN(CC)CC. The molecule has 1 atom stereocenters. The Morgan fingerprint density at radius 1 is 1.12 bits per heavy atom. The van der Waals surface area contributed by atoms with E-state index in [0.717, 1.165) is 12.1 Å². The Labute approximate surface area is 155 Å². The minimum absolute atomic E-state index is 0.264. The number of alkyl carbamates (subject to hydrolysis) is 1. The highest BCUT2D eigenvalue weighted by molar-refractivity contribution is 5.81. The lowest BCUT2D eigenvalue weighted by Crippen LogP contribution is -2.38. The first-order chi connectivity index (χ1) is 12.0. The van der Waals surface area contributed by atoms with Gasteiger partial charge >= 0.3 is 12.1 Å². The summed E-state index contributed by atoms with van der Waals surface area (Å²) in [7, 11) is 0. The van der Waals surface area contributed by atoms with Crippen LogP contribution in [0.15, 0.2) is 24.3 Å². The number of carbonyl (C=O) groups is 2. The zero-order chi connectivity index (χ0) is 20.3. The Morgan fingerprint density at radius 3 is 1.88 bits per heavy atom. The Bertz CT molecular complexity index is 546. The van der Waals surface area contributed by atoms with Crippen LogP contribution in [0.1, 0.15) is 53.1 Å². The molecular formula is C19H31FN2O4. The van der Waals surface area contributed by atoms with Gasteiger partial charge in [-0.25, -0.2) is 14.0 Å². The molecule has 0 aliphatic rings. The van der Waals surface area contributed by atoms with Crippen molar-refractivity contribution in [3.05, 3.63) is 35.6 Å². The Hall–Kier alpha value is -2.15. The number of hydrogen-bond donors (Lipinski definition) is 2. The third kappa shape index (κ3) is 9.98. The van der Waals surface area contributed by atoms with Crippen molar-refractivity contribution in [1.29, 1.82) is 0 Å². The Morgan fingerprint density at radius 2 is 1.58 bits per heavy atom. The lowest BCUT2D eigenvalue weighted by molar-refractivity contribution is -0.139. The van der Waals surface area contributed by atoms with E-state index in [1.807, 2.05) is 0 Å². The summed E-state index contributed by atoms with van der Waals surface area (Å²) in [5.41, 5.74) is -0.463. The lowest BCUT2D eigenvalue weighted by atomic mass is 10.1. The van der Waals surface area contributed by atoms with Gasteiger partial charge in [0.05, 0.1) is 0 Å². The van der Waals surface area contributed by atoms with Gasteiger partial charge in [-0.15, -0.1) is 0 Å². The number of halogens is 1. The minimum Gasteiger partial charge on any atom is -0.479 e. The van der Waals surface area contributed by atoms with Crippen LogP contribution in [0.5, 0.6) is 0 Å². The first-order valence-electron chi connectivity index (χ1n) is 8.74. The van der Waals surface area contributed by atoms with E-state index in [1.54, 1.807) is 20.8 Å². The van der Waals surface area contributed by atoms with Gasteiger partial charge in [0.15, 0.2) is 6.04 Å². The van der Waals surface area contributed by atoms with Crippen molar-refractivity contribution in [2.45, 2.75) is 53.2 Å². The Kier molecular flexibility index (Phi) is 10.5. The molecule has 7 heteroatoms. The van der Waals surface area contributed by atoms with Crippen molar-refractivity contribution < 1.29 is 23.8 Å². The fourth-order valence-electron chi connectivity index (χ4n) is 2.04. The van der Waals surface area contributed by atoms with Gasteiger partial charge in [-0.2, -0.15) is 0 Å².